The number of aromatic nitrogens is 1. The van der Waals surface area contributed by atoms with Crippen LogP contribution >= 0.6 is 11.3 Å². The molecule has 0 aliphatic carbocycles. The van der Waals surface area contributed by atoms with Crippen LogP contribution in [0.25, 0.3) is 0 Å². The Balaban J connectivity index is 1.69. The normalized spacial score (nSPS) is 13.9. The number of benzene rings is 2. The van der Waals surface area contributed by atoms with Crippen LogP contribution in [0.1, 0.15) is 48.0 Å². The van der Waals surface area contributed by atoms with Gasteiger partial charge in [-0.25, -0.2) is 4.98 Å². The quantitative estimate of drug-likeness (QED) is 0.374. The van der Waals surface area contributed by atoms with E-state index in [2.05, 4.69) is 10.3 Å². The minimum atomic E-state index is -4.93. The summed E-state index contributed by atoms with van der Waals surface area (Å²) in [5.41, 5.74) is -1.93. The van der Waals surface area contributed by atoms with Gasteiger partial charge < -0.3 is 14.8 Å². The van der Waals surface area contributed by atoms with Gasteiger partial charge in [0.1, 0.15) is 0 Å². The molecule has 11 heteroatoms. The Kier molecular flexibility index (Phi) is 5.95. The summed E-state index contributed by atoms with van der Waals surface area (Å²) in [4.78, 5) is 5.35. The molecule has 182 valence electrons. The highest BCUT2D eigenvalue weighted by molar-refractivity contribution is 7.15. The number of halogens is 6. The Hall–Kier alpha value is -2.95. The largest absolute Gasteiger partial charge is 0.454 e. The number of thiazole rings is 1. The maximum absolute atomic E-state index is 13.2. The summed E-state index contributed by atoms with van der Waals surface area (Å²) in [6.45, 7) is 5.93. The predicted molar refractivity (Wildman–Crippen MR) is 116 cm³/mol. The molecular formula is C23H20F6N2O2S. The van der Waals surface area contributed by atoms with Gasteiger partial charge >= 0.3 is 12.4 Å². The van der Waals surface area contributed by atoms with Crippen LogP contribution < -0.4 is 14.8 Å². The lowest BCUT2D eigenvalue weighted by atomic mass is 9.90. The third-order valence-electron chi connectivity index (χ3n) is 5.05. The Morgan fingerprint density at radius 3 is 2.09 bits per heavy atom. The molecule has 1 aromatic heterocycles. The number of hydrogen-bond acceptors (Lipinski definition) is 5. The lowest BCUT2D eigenvalue weighted by Crippen LogP contribution is -2.14. The summed E-state index contributed by atoms with van der Waals surface area (Å²) >= 11 is 1.18. The van der Waals surface area contributed by atoms with Gasteiger partial charge in [-0.1, -0.05) is 26.8 Å². The van der Waals surface area contributed by atoms with Crippen molar-refractivity contribution in [3.05, 3.63) is 63.7 Å². The molecule has 2 heterocycles. The molecule has 1 N–H and O–H groups in total. The van der Waals surface area contributed by atoms with Crippen molar-refractivity contribution in [1.82, 2.24) is 4.98 Å². The summed E-state index contributed by atoms with van der Waals surface area (Å²) in [5, 5.41) is 2.85. The van der Waals surface area contributed by atoms with Gasteiger partial charge in [0.25, 0.3) is 0 Å². The van der Waals surface area contributed by atoms with Gasteiger partial charge in [0, 0.05) is 22.4 Å². The van der Waals surface area contributed by atoms with Crippen molar-refractivity contribution in [1.29, 1.82) is 0 Å². The topological polar surface area (TPSA) is 43.4 Å². The number of ether oxygens (including phenoxy) is 2. The fourth-order valence-electron chi connectivity index (χ4n) is 3.50. The van der Waals surface area contributed by atoms with E-state index in [1.54, 1.807) is 6.07 Å². The first kappa shape index (κ1) is 24.2. The van der Waals surface area contributed by atoms with Gasteiger partial charge in [-0.15, -0.1) is 11.3 Å². The summed E-state index contributed by atoms with van der Waals surface area (Å²) in [6.07, 6.45) is -9.40. The molecule has 0 unspecified atom stereocenters. The maximum Gasteiger partial charge on any atom is 0.416 e. The first-order valence-corrected chi connectivity index (χ1v) is 11.0. The SMILES string of the molecule is CC(C)(C)c1nc(Nc2cc(C(F)(F)F)cc(C(F)(F)F)c2)sc1Cc1ccc2c(c1)OCO2. The summed E-state index contributed by atoms with van der Waals surface area (Å²) in [6, 6.07) is 6.88. The highest BCUT2D eigenvalue weighted by atomic mass is 32.1. The summed E-state index contributed by atoms with van der Waals surface area (Å²) in [5.74, 6) is 1.25. The maximum atomic E-state index is 13.2. The predicted octanol–water partition coefficient (Wildman–Crippen LogP) is 7.54. The number of nitrogens with zero attached hydrogens (tertiary/aromatic N) is 1. The van der Waals surface area contributed by atoms with Crippen LogP contribution in [0.5, 0.6) is 11.5 Å². The molecule has 4 nitrogen and oxygen atoms in total. The Morgan fingerprint density at radius 2 is 1.50 bits per heavy atom. The van der Waals surface area contributed by atoms with Crippen LogP contribution in [0, 0.1) is 0 Å². The summed E-state index contributed by atoms with van der Waals surface area (Å²) < 4.78 is 90.0. The van der Waals surface area contributed by atoms with Crippen molar-refractivity contribution in [2.75, 3.05) is 12.1 Å². The van der Waals surface area contributed by atoms with Crippen LogP contribution in [-0.4, -0.2) is 11.8 Å². The van der Waals surface area contributed by atoms with Crippen molar-refractivity contribution < 1.29 is 35.8 Å². The van der Waals surface area contributed by atoms with Gasteiger partial charge in [0.05, 0.1) is 16.8 Å². The number of alkyl halides is 6. The molecule has 0 spiro atoms. The average Bonchev–Trinajstić information content (AvgIpc) is 3.32. The molecule has 0 saturated carbocycles. The second kappa shape index (κ2) is 8.37. The molecule has 4 rings (SSSR count). The number of nitrogens with one attached hydrogen (secondary N) is 1. The number of anilines is 2. The Morgan fingerprint density at radius 1 is 0.882 bits per heavy atom. The van der Waals surface area contributed by atoms with E-state index in [0.29, 0.717) is 35.7 Å². The average molecular weight is 502 g/mol. The van der Waals surface area contributed by atoms with E-state index in [9.17, 15) is 26.3 Å². The van der Waals surface area contributed by atoms with E-state index in [1.807, 2.05) is 32.9 Å². The highest BCUT2D eigenvalue weighted by Gasteiger charge is 2.37. The Bertz CT molecular complexity index is 1180. The summed E-state index contributed by atoms with van der Waals surface area (Å²) in [7, 11) is 0. The zero-order valence-corrected chi connectivity index (χ0v) is 19.1. The second-order valence-electron chi connectivity index (χ2n) is 8.82. The van der Waals surface area contributed by atoms with Crippen LogP contribution in [0.15, 0.2) is 36.4 Å². The van der Waals surface area contributed by atoms with E-state index < -0.39 is 28.9 Å². The smallest absolute Gasteiger partial charge is 0.416 e. The number of fused-ring (bicyclic) bond motifs is 1. The molecule has 0 amide bonds. The Labute approximate surface area is 195 Å². The fourth-order valence-corrected chi connectivity index (χ4v) is 4.72. The third-order valence-corrected chi connectivity index (χ3v) is 6.02. The van der Waals surface area contributed by atoms with Gasteiger partial charge in [-0.3, -0.25) is 0 Å². The lowest BCUT2D eigenvalue weighted by molar-refractivity contribution is -0.143. The van der Waals surface area contributed by atoms with Crippen LogP contribution in [0.2, 0.25) is 0 Å². The first-order chi connectivity index (χ1) is 15.7. The van der Waals surface area contributed by atoms with Crippen molar-refractivity contribution in [3.8, 4) is 11.5 Å². The third kappa shape index (κ3) is 5.24. The van der Waals surface area contributed by atoms with Gasteiger partial charge in [0.15, 0.2) is 16.6 Å². The minimum Gasteiger partial charge on any atom is -0.454 e. The zero-order valence-electron chi connectivity index (χ0n) is 18.3. The molecule has 1 aliphatic heterocycles. The molecule has 0 fully saturated rings. The van der Waals surface area contributed by atoms with Crippen LogP contribution in [0.4, 0.5) is 37.2 Å². The molecular weight excluding hydrogens is 482 g/mol. The highest BCUT2D eigenvalue weighted by Crippen LogP contribution is 2.40. The first-order valence-electron chi connectivity index (χ1n) is 10.2. The van der Waals surface area contributed by atoms with Gasteiger partial charge in [0.2, 0.25) is 6.79 Å². The molecule has 0 bridgehead atoms. The minimum absolute atomic E-state index is 0.0959. The monoisotopic (exact) mass is 502 g/mol. The molecule has 2 aromatic carbocycles. The van der Waals surface area contributed by atoms with E-state index >= 15 is 0 Å². The standard InChI is InChI=1S/C23H20F6N2O2S/c1-21(2,3)19-18(7-12-4-5-16-17(6-12)33-11-32-16)34-20(31-19)30-15-9-13(22(24,25)26)8-14(10-15)23(27,28)29/h4-6,8-10H,7,11H2,1-3H3,(H,30,31). The van der Waals surface area contributed by atoms with Crippen LogP contribution in [0.3, 0.4) is 0 Å². The number of rotatable bonds is 4. The van der Waals surface area contributed by atoms with Crippen molar-refractivity contribution in [2.24, 2.45) is 0 Å². The number of hydrogen-bond donors (Lipinski definition) is 1. The van der Waals surface area contributed by atoms with E-state index in [-0.39, 0.29) is 23.7 Å². The van der Waals surface area contributed by atoms with E-state index in [4.69, 9.17) is 9.47 Å². The molecule has 0 saturated heterocycles. The molecule has 0 radical (unpaired) electrons. The van der Waals surface area contributed by atoms with Crippen molar-refractivity contribution in [2.45, 2.75) is 45.0 Å². The van der Waals surface area contributed by atoms with Gasteiger partial charge in [-0.05, 0) is 35.9 Å². The fraction of sp³-hybridized carbons (Fsp3) is 0.348. The van der Waals surface area contributed by atoms with Crippen molar-refractivity contribution >= 4 is 22.2 Å². The van der Waals surface area contributed by atoms with Gasteiger partial charge in [-0.2, -0.15) is 26.3 Å². The molecule has 1 aliphatic rings. The van der Waals surface area contributed by atoms with Crippen molar-refractivity contribution in [3.63, 3.8) is 0 Å². The van der Waals surface area contributed by atoms with E-state index in [0.717, 1.165) is 10.4 Å². The molecule has 34 heavy (non-hydrogen) atoms. The molecule has 3 aromatic rings. The lowest BCUT2D eigenvalue weighted by Gasteiger charge is -2.17. The zero-order chi connectivity index (χ0) is 24.9. The molecule has 0 atom stereocenters. The van der Waals surface area contributed by atoms with Crippen LogP contribution in [-0.2, 0) is 24.2 Å². The van der Waals surface area contributed by atoms with E-state index in [1.165, 1.54) is 11.3 Å². The second-order valence-corrected chi connectivity index (χ2v) is 9.91.